The second-order valence-corrected chi connectivity index (χ2v) is 9.18. The van der Waals surface area contributed by atoms with Crippen molar-refractivity contribution < 1.29 is 9.59 Å². The minimum absolute atomic E-state index is 0.139. The number of thiophene rings is 1. The molecule has 8 heteroatoms. The number of fused-ring (bicyclic) bond motifs is 1. The van der Waals surface area contributed by atoms with Crippen LogP contribution in [0.3, 0.4) is 0 Å². The predicted molar refractivity (Wildman–Crippen MR) is 122 cm³/mol. The van der Waals surface area contributed by atoms with Gasteiger partial charge in [-0.3, -0.25) is 14.9 Å². The Morgan fingerprint density at radius 3 is 2.71 bits per heavy atom. The highest BCUT2D eigenvalue weighted by atomic mass is 79.9. The summed E-state index contributed by atoms with van der Waals surface area (Å²) in [4.78, 5) is 25.3. The van der Waals surface area contributed by atoms with E-state index in [1.807, 2.05) is 24.3 Å². The van der Waals surface area contributed by atoms with Gasteiger partial charge in [0.2, 0.25) is 5.91 Å². The van der Waals surface area contributed by atoms with E-state index in [4.69, 9.17) is 18.0 Å². The van der Waals surface area contributed by atoms with Crippen LogP contribution in [0.25, 0.3) is 6.08 Å². The first-order valence-corrected chi connectivity index (χ1v) is 10.8. The number of anilines is 1. The third-order valence-electron chi connectivity index (χ3n) is 4.52. The van der Waals surface area contributed by atoms with Crippen molar-refractivity contribution in [2.24, 2.45) is 11.7 Å². The van der Waals surface area contributed by atoms with Gasteiger partial charge in [0, 0.05) is 15.4 Å². The van der Waals surface area contributed by atoms with Crippen molar-refractivity contribution in [2.75, 3.05) is 5.32 Å². The SMILES string of the molecule is CC1CCc2c(sc(NC(=S)NC(=O)/C=C/c3ccc(Br)cc3)c2C(N)=O)C1. The molecule has 1 heterocycles. The summed E-state index contributed by atoms with van der Waals surface area (Å²) in [5.74, 6) is -0.245. The van der Waals surface area contributed by atoms with Crippen LogP contribution in [0.15, 0.2) is 34.8 Å². The number of nitrogens with two attached hydrogens (primary N) is 1. The van der Waals surface area contributed by atoms with E-state index in [9.17, 15) is 9.59 Å². The minimum Gasteiger partial charge on any atom is -0.365 e. The Balaban J connectivity index is 1.67. The molecule has 1 aliphatic rings. The van der Waals surface area contributed by atoms with Gasteiger partial charge < -0.3 is 11.1 Å². The number of thiocarbonyl (C=S) groups is 1. The van der Waals surface area contributed by atoms with E-state index in [0.29, 0.717) is 16.5 Å². The van der Waals surface area contributed by atoms with Crippen molar-refractivity contribution >= 4 is 67.5 Å². The molecule has 0 saturated heterocycles. The number of amides is 2. The maximum absolute atomic E-state index is 12.1. The van der Waals surface area contributed by atoms with E-state index in [1.54, 1.807) is 6.08 Å². The Bertz CT molecular complexity index is 951. The smallest absolute Gasteiger partial charge is 0.251 e. The molecule has 0 aliphatic heterocycles. The molecular formula is C20H20BrN3O2S2. The largest absolute Gasteiger partial charge is 0.365 e. The zero-order valence-electron chi connectivity index (χ0n) is 15.3. The van der Waals surface area contributed by atoms with E-state index in [2.05, 4.69) is 33.5 Å². The number of rotatable bonds is 4. The van der Waals surface area contributed by atoms with Crippen molar-refractivity contribution in [3.05, 3.63) is 56.4 Å². The van der Waals surface area contributed by atoms with Crippen LogP contribution in [0.1, 0.15) is 39.7 Å². The van der Waals surface area contributed by atoms with E-state index in [-0.39, 0.29) is 11.0 Å². The standard InChI is InChI=1S/C20H20BrN3O2S2/c1-11-2-8-14-15(10-11)28-19(17(14)18(22)26)24-20(27)23-16(25)9-5-12-3-6-13(21)7-4-12/h3-7,9,11H,2,8,10H2,1H3,(H2,22,26)(H2,23,24,25,27)/b9-5+. The van der Waals surface area contributed by atoms with Gasteiger partial charge in [-0.2, -0.15) is 0 Å². The molecule has 0 bridgehead atoms. The highest BCUT2D eigenvalue weighted by Crippen LogP contribution is 2.39. The molecule has 1 unspecified atom stereocenters. The van der Waals surface area contributed by atoms with Crippen molar-refractivity contribution in [1.29, 1.82) is 0 Å². The lowest BCUT2D eigenvalue weighted by Gasteiger charge is -2.18. The highest BCUT2D eigenvalue weighted by molar-refractivity contribution is 9.10. The molecule has 2 amide bonds. The van der Waals surface area contributed by atoms with Gasteiger partial charge >= 0.3 is 0 Å². The van der Waals surface area contributed by atoms with Crippen molar-refractivity contribution in [2.45, 2.75) is 26.2 Å². The number of hydrogen-bond acceptors (Lipinski definition) is 4. The molecule has 3 rings (SSSR count). The van der Waals surface area contributed by atoms with Gasteiger partial charge in [-0.05, 0) is 66.7 Å². The van der Waals surface area contributed by atoms with Crippen molar-refractivity contribution in [1.82, 2.24) is 5.32 Å². The second-order valence-electron chi connectivity index (χ2n) is 6.75. The number of hydrogen-bond donors (Lipinski definition) is 3. The van der Waals surface area contributed by atoms with Crippen LogP contribution in [-0.4, -0.2) is 16.9 Å². The Labute approximate surface area is 181 Å². The van der Waals surface area contributed by atoms with Crippen LogP contribution in [-0.2, 0) is 17.6 Å². The molecule has 0 fully saturated rings. The van der Waals surface area contributed by atoms with Gasteiger partial charge in [-0.15, -0.1) is 11.3 Å². The molecule has 0 saturated carbocycles. The third kappa shape index (κ3) is 5.06. The summed E-state index contributed by atoms with van der Waals surface area (Å²) in [6.07, 6.45) is 5.91. The Morgan fingerprint density at radius 1 is 1.32 bits per heavy atom. The van der Waals surface area contributed by atoms with Crippen molar-refractivity contribution in [3.8, 4) is 0 Å². The van der Waals surface area contributed by atoms with E-state index < -0.39 is 5.91 Å². The summed E-state index contributed by atoms with van der Waals surface area (Å²) in [5, 5.41) is 6.33. The molecule has 2 aromatic rings. The van der Waals surface area contributed by atoms with Crippen molar-refractivity contribution in [3.63, 3.8) is 0 Å². The second kappa shape index (κ2) is 8.98. The van der Waals surface area contributed by atoms with Gasteiger partial charge in [-0.25, -0.2) is 0 Å². The van der Waals surface area contributed by atoms with E-state index >= 15 is 0 Å². The predicted octanol–water partition coefficient (Wildman–Crippen LogP) is 4.26. The monoisotopic (exact) mass is 477 g/mol. The topological polar surface area (TPSA) is 84.2 Å². The summed E-state index contributed by atoms with van der Waals surface area (Å²) in [6.45, 7) is 2.20. The fourth-order valence-corrected chi connectivity index (χ4v) is 5.09. The van der Waals surface area contributed by atoms with Gasteiger partial charge in [0.25, 0.3) is 5.91 Å². The van der Waals surface area contributed by atoms with Crippen LogP contribution >= 0.6 is 39.5 Å². The first kappa shape index (κ1) is 20.7. The summed E-state index contributed by atoms with van der Waals surface area (Å²) in [7, 11) is 0. The fraction of sp³-hybridized carbons (Fsp3) is 0.250. The van der Waals surface area contributed by atoms with E-state index in [1.165, 1.54) is 22.3 Å². The minimum atomic E-state index is -0.473. The van der Waals surface area contributed by atoms with Crippen LogP contribution < -0.4 is 16.4 Å². The van der Waals surface area contributed by atoms with Gasteiger partial charge in [0.05, 0.1) is 5.56 Å². The number of primary amides is 1. The molecule has 1 aromatic heterocycles. The number of halogens is 1. The van der Waals surface area contributed by atoms with Crippen LogP contribution in [0.4, 0.5) is 5.00 Å². The number of carbonyl (C=O) groups is 2. The maximum atomic E-state index is 12.1. The highest BCUT2D eigenvalue weighted by Gasteiger charge is 2.26. The first-order valence-electron chi connectivity index (χ1n) is 8.83. The lowest BCUT2D eigenvalue weighted by Crippen LogP contribution is -2.33. The fourth-order valence-electron chi connectivity index (χ4n) is 3.13. The lowest BCUT2D eigenvalue weighted by atomic mass is 9.88. The molecule has 1 aliphatic carbocycles. The molecule has 0 radical (unpaired) electrons. The van der Waals surface area contributed by atoms with Crippen LogP contribution in [0.2, 0.25) is 0 Å². The Hall–Kier alpha value is -2.03. The average Bonchev–Trinajstić information content (AvgIpc) is 2.97. The Morgan fingerprint density at radius 2 is 2.04 bits per heavy atom. The molecule has 28 heavy (non-hydrogen) atoms. The molecule has 5 nitrogen and oxygen atoms in total. The maximum Gasteiger partial charge on any atom is 0.251 e. The zero-order chi connectivity index (χ0) is 20.3. The van der Waals surface area contributed by atoms with E-state index in [0.717, 1.165) is 34.9 Å². The number of benzene rings is 1. The quantitative estimate of drug-likeness (QED) is 0.453. The number of carbonyl (C=O) groups excluding carboxylic acids is 2. The summed E-state index contributed by atoms with van der Waals surface area (Å²) < 4.78 is 0.970. The van der Waals surface area contributed by atoms with Crippen LogP contribution in [0.5, 0.6) is 0 Å². The normalized spacial score (nSPS) is 15.9. The molecular weight excluding hydrogens is 458 g/mol. The molecule has 4 N–H and O–H groups in total. The third-order valence-corrected chi connectivity index (χ3v) is 6.42. The lowest BCUT2D eigenvalue weighted by molar-refractivity contribution is -0.115. The summed E-state index contributed by atoms with van der Waals surface area (Å²) in [6, 6.07) is 7.57. The molecule has 0 spiro atoms. The average molecular weight is 478 g/mol. The van der Waals surface area contributed by atoms with Crippen LogP contribution in [0, 0.1) is 5.92 Å². The Kier molecular flexibility index (Phi) is 6.64. The number of nitrogens with one attached hydrogen (secondary N) is 2. The summed E-state index contributed by atoms with van der Waals surface area (Å²) in [5.41, 5.74) is 8.01. The molecule has 1 atom stereocenters. The molecule has 1 aromatic carbocycles. The van der Waals surface area contributed by atoms with Gasteiger partial charge in [0.15, 0.2) is 5.11 Å². The molecule has 146 valence electrons. The van der Waals surface area contributed by atoms with Gasteiger partial charge in [0.1, 0.15) is 5.00 Å². The van der Waals surface area contributed by atoms with Gasteiger partial charge in [-0.1, -0.05) is 35.0 Å². The first-order chi connectivity index (χ1) is 13.3. The summed E-state index contributed by atoms with van der Waals surface area (Å²) >= 11 is 10.1. The zero-order valence-corrected chi connectivity index (χ0v) is 18.5.